The highest BCUT2D eigenvalue weighted by Gasteiger charge is 2.35. The topological polar surface area (TPSA) is 68.2 Å². The number of likely N-dealkylation sites (N-methyl/N-ethyl adjacent to an activating group) is 1. The fourth-order valence-corrected chi connectivity index (χ4v) is 4.16. The molecule has 2 aliphatic rings. The van der Waals surface area contributed by atoms with Crippen LogP contribution in [0.3, 0.4) is 0 Å². The van der Waals surface area contributed by atoms with E-state index in [0.29, 0.717) is 35.2 Å². The first-order valence-electron chi connectivity index (χ1n) is 7.39. The molecule has 112 valence electrons. The third-order valence-corrected chi connectivity index (χ3v) is 5.33. The SMILES string of the molecule is CN(CC(=O)Nc1sccc1C#N)C1CC2CCC(C1)N2. The molecule has 2 aliphatic heterocycles. The average molecular weight is 304 g/mol. The summed E-state index contributed by atoms with van der Waals surface area (Å²) in [4.78, 5) is 14.3. The van der Waals surface area contributed by atoms with E-state index in [2.05, 4.69) is 21.6 Å². The zero-order chi connectivity index (χ0) is 14.8. The standard InChI is InChI=1S/C15H20N4OS/c1-19(13-6-11-2-3-12(7-13)17-11)9-14(20)18-15-10(8-16)4-5-21-15/h4-5,11-13,17H,2-3,6-7,9H2,1H3,(H,18,20). The highest BCUT2D eigenvalue weighted by Crippen LogP contribution is 2.29. The molecular formula is C15H20N4OS. The van der Waals surface area contributed by atoms with E-state index in [1.165, 1.54) is 24.2 Å². The number of nitrogens with zero attached hydrogens (tertiary/aromatic N) is 2. The van der Waals surface area contributed by atoms with Crippen LogP contribution in [-0.2, 0) is 4.79 Å². The van der Waals surface area contributed by atoms with Crippen molar-refractivity contribution in [3.63, 3.8) is 0 Å². The van der Waals surface area contributed by atoms with E-state index in [1.807, 2.05) is 12.4 Å². The molecule has 0 saturated carbocycles. The number of rotatable bonds is 4. The molecule has 2 N–H and O–H groups in total. The van der Waals surface area contributed by atoms with Crippen molar-refractivity contribution in [3.05, 3.63) is 17.0 Å². The van der Waals surface area contributed by atoms with Crippen LogP contribution in [0.2, 0.25) is 0 Å². The maximum atomic E-state index is 12.1. The van der Waals surface area contributed by atoms with Crippen LogP contribution in [0.25, 0.3) is 0 Å². The van der Waals surface area contributed by atoms with Crippen molar-refractivity contribution in [3.8, 4) is 6.07 Å². The minimum atomic E-state index is -0.0395. The third kappa shape index (κ3) is 3.26. The lowest BCUT2D eigenvalue weighted by atomic mass is 9.98. The summed E-state index contributed by atoms with van der Waals surface area (Å²) >= 11 is 1.39. The zero-order valence-electron chi connectivity index (χ0n) is 12.1. The predicted octanol–water partition coefficient (Wildman–Crippen LogP) is 1.77. The van der Waals surface area contributed by atoms with Gasteiger partial charge in [0.2, 0.25) is 5.91 Å². The second-order valence-corrected chi connectivity index (χ2v) is 6.92. The van der Waals surface area contributed by atoms with Crippen molar-refractivity contribution in [1.29, 1.82) is 5.26 Å². The van der Waals surface area contributed by atoms with Crippen molar-refractivity contribution < 1.29 is 4.79 Å². The highest BCUT2D eigenvalue weighted by atomic mass is 32.1. The van der Waals surface area contributed by atoms with Gasteiger partial charge in [0.15, 0.2) is 0 Å². The number of carbonyl (C=O) groups excluding carboxylic acids is 1. The number of nitriles is 1. The number of hydrogen-bond acceptors (Lipinski definition) is 5. The second kappa shape index (κ2) is 6.14. The number of anilines is 1. The fraction of sp³-hybridized carbons (Fsp3) is 0.600. The third-order valence-electron chi connectivity index (χ3n) is 4.50. The molecule has 21 heavy (non-hydrogen) atoms. The molecule has 1 amide bonds. The van der Waals surface area contributed by atoms with Gasteiger partial charge in [0.25, 0.3) is 0 Å². The molecule has 2 saturated heterocycles. The van der Waals surface area contributed by atoms with Crippen LogP contribution < -0.4 is 10.6 Å². The van der Waals surface area contributed by atoms with Gasteiger partial charge in [-0.2, -0.15) is 5.26 Å². The van der Waals surface area contributed by atoms with Crippen LogP contribution in [0.4, 0.5) is 5.00 Å². The summed E-state index contributed by atoms with van der Waals surface area (Å²) < 4.78 is 0. The summed E-state index contributed by atoms with van der Waals surface area (Å²) in [5, 5.41) is 17.9. The molecule has 0 radical (unpaired) electrons. The zero-order valence-corrected chi connectivity index (χ0v) is 12.9. The highest BCUT2D eigenvalue weighted by molar-refractivity contribution is 7.14. The van der Waals surface area contributed by atoms with E-state index in [1.54, 1.807) is 6.07 Å². The molecular weight excluding hydrogens is 284 g/mol. The van der Waals surface area contributed by atoms with Crippen LogP contribution >= 0.6 is 11.3 Å². The van der Waals surface area contributed by atoms with E-state index in [0.717, 1.165) is 12.8 Å². The molecule has 2 atom stereocenters. The lowest BCUT2D eigenvalue weighted by molar-refractivity contribution is -0.117. The maximum absolute atomic E-state index is 12.1. The van der Waals surface area contributed by atoms with Gasteiger partial charge in [-0.3, -0.25) is 9.69 Å². The second-order valence-electron chi connectivity index (χ2n) is 6.00. The Morgan fingerprint density at radius 1 is 1.52 bits per heavy atom. The summed E-state index contributed by atoms with van der Waals surface area (Å²) in [6.07, 6.45) is 4.79. The quantitative estimate of drug-likeness (QED) is 0.889. The smallest absolute Gasteiger partial charge is 0.239 e. The number of thiophene rings is 1. The lowest BCUT2D eigenvalue weighted by Crippen LogP contribution is -2.48. The molecule has 1 aromatic rings. The van der Waals surface area contributed by atoms with Crippen molar-refractivity contribution in [2.45, 2.75) is 43.8 Å². The van der Waals surface area contributed by atoms with Gasteiger partial charge in [-0.05, 0) is 44.2 Å². The maximum Gasteiger partial charge on any atom is 0.239 e. The number of amides is 1. The van der Waals surface area contributed by atoms with E-state index in [4.69, 9.17) is 5.26 Å². The monoisotopic (exact) mass is 304 g/mol. The van der Waals surface area contributed by atoms with E-state index >= 15 is 0 Å². The Morgan fingerprint density at radius 3 is 2.90 bits per heavy atom. The molecule has 5 nitrogen and oxygen atoms in total. The molecule has 0 aromatic carbocycles. The summed E-state index contributed by atoms with van der Waals surface area (Å²) in [5.41, 5.74) is 0.538. The van der Waals surface area contributed by atoms with Gasteiger partial charge < -0.3 is 10.6 Å². The molecule has 2 bridgehead atoms. The molecule has 2 fully saturated rings. The van der Waals surface area contributed by atoms with Gasteiger partial charge >= 0.3 is 0 Å². The lowest BCUT2D eigenvalue weighted by Gasteiger charge is -2.35. The van der Waals surface area contributed by atoms with Gasteiger partial charge in [0.05, 0.1) is 12.1 Å². The number of carbonyl (C=O) groups is 1. The van der Waals surface area contributed by atoms with E-state index < -0.39 is 0 Å². The molecule has 0 spiro atoms. The van der Waals surface area contributed by atoms with Gasteiger partial charge in [0, 0.05) is 18.1 Å². The molecule has 2 unspecified atom stereocenters. The first-order chi connectivity index (χ1) is 10.2. The van der Waals surface area contributed by atoms with E-state index in [-0.39, 0.29) is 5.91 Å². The van der Waals surface area contributed by atoms with Gasteiger partial charge in [-0.1, -0.05) is 0 Å². The Bertz CT molecular complexity index is 552. The largest absolute Gasteiger partial charge is 0.315 e. The van der Waals surface area contributed by atoms with Crippen LogP contribution in [0.15, 0.2) is 11.4 Å². The average Bonchev–Trinajstić information content (AvgIpc) is 3.04. The van der Waals surface area contributed by atoms with Crippen LogP contribution in [-0.4, -0.2) is 42.5 Å². The van der Waals surface area contributed by atoms with Crippen molar-refractivity contribution in [1.82, 2.24) is 10.2 Å². The number of fused-ring (bicyclic) bond motifs is 2. The normalized spacial score (nSPS) is 27.6. The summed E-state index contributed by atoms with van der Waals surface area (Å²) in [6, 6.07) is 5.56. The number of hydrogen-bond donors (Lipinski definition) is 2. The van der Waals surface area contributed by atoms with Crippen molar-refractivity contribution in [2.75, 3.05) is 18.9 Å². The van der Waals surface area contributed by atoms with Crippen LogP contribution in [0, 0.1) is 11.3 Å². The predicted molar refractivity (Wildman–Crippen MR) is 83.3 cm³/mol. The minimum Gasteiger partial charge on any atom is -0.315 e. The Kier molecular flexibility index (Phi) is 4.24. The van der Waals surface area contributed by atoms with Crippen LogP contribution in [0.1, 0.15) is 31.2 Å². The molecule has 0 aliphatic carbocycles. The summed E-state index contributed by atoms with van der Waals surface area (Å²) in [5.74, 6) is -0.0395. The van der Waals surface area contributed by atoms with Crippen LogP contribution in [0.5, 0.6) is 0 Å². The number of nitrogens with one attached hydrogen (secondary N) is 2. The first kappa shape index (κ1) is 14.5. The Morgan fingerprint density at radius 2 is 2.24 bits per heavy atom. The van der Waals surface area contributed by atoms with Gasteiger partial charge in [-0.25, -0.2) is 0 Å². The van der Waals surface area contributed by atoms with Crippen molar-refractivity contribution in [2.24, 2.45) is 0 Å². The number of piperidine rings is 1. The van der Waals surface area contributed by atoms with Gasteiger partial charge in [0.1, 0.15) is 11.1 Å². The molecule has 3 rings (SSSR count). The Balaban J connectivity index is 1.54. The van der Waals surface area contributed by atoms with E-state index in [9.17, 15) is 4.79 Å². The van der Waals surface area contributed by atoms with Gasteiger partial charge in [-0.15, -0.1) is 11.3 Å². The fourth-order valence-electron chi connectivity index (χ4n) is 3.40. The summed E-state index contributed by atoms with van der Waals surface area (Å²) in [6.45, 7) is 0.382. The molecule has 6 heteroatoms. The van der Waals surface area contributed by atoms with Crippen molar-refractivity contribution >= 4 is 22.2 Å². The first-order valence-corrected chi connectivity index (χ1v) is 8.27. The Labute approximate surface area is 128 Å². The minimum absolute atomic E-state index is 0.0395. The molecule has 1 aromatic heterocycles. The molecule has 3 heterocycles. The summed E-state index contributed by atoms with van der Waals surface area (Å²) in [7, 11) is 2.02. The Hall–Kier alpha value is -1.42.